The second-order valence-electron chi connectivity index (χ2n) is 7.97. The lowest BCUT2D eigenvalue weighted by atomic mass is 9.77. The third kappa shape index (κ3) is 4.76. The number of hydrogen-bond donors (Lipinski definition) is 3. The Morgan fingerprint density at radius 1 is 1.07 bits per heavy atom. The Kier molecular flexibility index (Phi) is 5.98. The number of aromatic carboxylic acids is 1. The van der Waals surface area contributed by atoms with E-state index in [1.165, 1.54) is 5.56 Å². The fourth-order valence-electron chi connectivity index (χ4n) is 3.79. The van der Waals surface area contributed by atoms with Crippen LogP contribution in [0.15, 0.2) is 48.5 Å². The molecule has 0 aromatic heterocycles. The van der Waals surface area contributed by atoms with Crippen molar-refractivity contribution in [2.24, 2.45) is 0 Å². The van der Waals surface area contributed by atoms with Crippen LogP contribution < -0.4 is 5.32 Å². The zero-order valence-electron chi connectivity index (χ0n) is 16.1. The topological polar surface area (TPSA) is 69.6 Å². The highest BCUT2D eigenvalue weighted by Crippen LogP contribution is 2.37. The Morgan fingerprint density at radius 2 is 1.67 bits per heavy atom. The van der Waals surface area contributed by atoms with Crippen LogP contribution in [0.4, 0.5) is 0 Å². The maximum Gasteiger partial charge on any atom is 0.335 e. The highest BCUT2D eigenvalue weighted by molar-refractivity contribution is 5.87. The Hall–Kier alpha value is -2.17. The van der Waals surface area contributed by atoms with Crippen molar-refractivity contribution in [1.82, 2.24) is 5.32 Å². The molecule has 0 amide bonds. The third-order valence-electron chi connectivity index (χ3n) is 5.72. The van der Waals surface area contributed by atoms with Crippen molar-refractivity contribution in [3.05, 3.63) is 70.8 Å². The lowest BCUT2D eigenvalue weighted by Gasteiger charge is -2.37. The van der Waals surface area contributed by atoms with E-state index >= 15 is 0 Å². The maximum atomic E-state index is 11.1. The molecule has 0 atom stereocenters. The largest absolute Gasteiger partial charge is 0.478 e. The molecule has 27 heavy (non-hydrogen) atoms. The van der Waals surface area contributed by atoms with E-state index in [0.29, 0.717) is 24.1 Å². The molecule has 0 aliphatic heterocycles. The quantitative estimate of drug-likeness (QED) is 0.706. The smallest absolute Gasteiger partial charge is 0.335 e. The Bertz CT molecular complexity index is 757. The summed E-state index contributed by atoms with van der Waals surface area (Å²) in [5.41, 5.74) is 2.98. The molecular formula is C23H29NO3. The first-order valence-electron chi connectivity index (χ1n) is 9.76. The molecule has 0 unspecified atom stereocenters. The molecule has 0 bridgehead atoms. The monoisotopic (exact) mass is 367 g/mol. The molecule has 144 valence electrons. The summed E-state index contributed by atoms with van der Waals surface area (Å²) in [6.45, 7) is 5.07. The number of benzene rings is 2. The van der Waals surface area contributed by atoms with Gasteiger partial charge in [-0.05, 0) is 60.4 Å². The first-order chi connectivity index (χ1) is 12.9. The lowest BCUT2D eigenvalue weighted by Crippen LogP contribution is -2.39. The van der Waals surface area contributed by atoms with Crippen molar-refractivity contribution in [3.8, 4) is 0 Å². The number of carboxylic acid groups (broad SMARTS) is 1. The summed E-state index contributed by atoms with van der Waals surface area (Å²) in [5.74, 6) is -0.402. The van der Waals surface area contributed by atoms with Gasteiger partial charge in [0, 0.05) is 12.6 Å². The zero-order valence-corrected chi connectivity index (χ0v) is 16.1. The van der Waals surface area contributed by atoms with E-state index in [2.05, 4.69) is 43.4 Å². The molecule has 2 aromatic rings. The molecule has 4 nitrogen and oxygen atoms in total. The van der Waals surface area contributed by atoms with E-state index in [1.54, 1.807) is 12.1 Å². The Labute approximate surface area is 161 Å². The molecule has 0 heterocycles. The Balaban J connectivity index is 1.52. The molecule has 4 heteroatoms. The second kappa shape index (κ2) is 8.24. The van der Waals surface area contributed by atoms with Crippen molar-refractivity contribution in [2.75, 3.05) is 0 Å². The summed E-state index contributed by atoms with van der Waals surface area (Å²) < 4.78 is 0. The van der Waals surface area contributed by atoms with Crippen LogP contribution in [-0.4, -0.2) is 22.2 Å². The minimum absolute atomic E-state index is 0.310. The average molecular weight is 367 g/mol. The summed E-state index contributed by atoms with van der Waals surface area (Å²) in [6, 6.07) is 15.8. The van der Waals surface area contributed by atoms with Gasteiger partial charge in [0.25, 0.3) is 0 Å². The highest BCUT2D eigenvalue weighted by Gasteiger charge is 2.34. The van der Waals surface area contributed by atoms with Crippen molar-refractivity contribution >= 4 is 5.97 Å². The summed E-state index contributed by atoms with van der Waals surface area (Å²) in [5, 5.41) is 23.6. The van der Waals surface area contributed by atoms with Gasteiger partial charge in [-0.3, -0.25) is 0 Å². The van der Waals surface area contributed by atoms with Crippen LogP contribution in [0.25, 0.3) is 0 Å². The first kappa shape index (κ1) is 19.6. The van der Waals surface area contributed by atoms with Crippen LogP contribution in [-0.2, 0) is 12.1 Å². The number of hydrogen-bond acceptors (Lipinski definition) is 3. The number of aliphatic hydroxyl groups is 1. The van der Waals surface area contributed by atoms with Crippen molar-refractivity contribution in [2.45, 2.75) is 63.6 Å². The van der Waals surface area contributed by atoms with Crippen LogP contribution in [0.1, 0.15) is 72.5 Å². The van der Waals surface area contributed by atoms with Gasteiger partial charge >= 0.3 is 5.97 Å². The van der Waals surface area contributed by atoms with Gasteiger partial charge in [-0.1, -0.05) is 50.2 Å². The van der Waals surface area contributed by atoms with E-state index in [1.807, 2.05) is 12.1 Å². The average Bonchev–Trinajstić information content (AvgIpc) is 2.68. The molecule has 0 spiro atoms. The van der Waals surface area contributed by atoms with Gasteiger partial charge in [-0.15, -0.1) is 0 Å². The van der Waals surface area contributed by atoms with Gasteiger partial charge in [0.1, 0.15) is 0 Å². The van der Waals surface area contributed by atoms with Gasteiger partial charge in [-0.25, -0.2) is 4.79 Å². The van der Waals surface area contributed by atoms with Crippen LogP contribution in [0.5, 0.6) is 0 Å². The number of carbonyl (C=O) groups is 1. The van der Waals surface area contributed by atoms with E-state index < -0.39 is 11.6 Å². The second-order valence-corrected chi connectivity index (χ2v) is 7.97. The molecule has 1 aliphatic carbocycles. The molecule has 2 aromatic carbocycles. The van der Waals surface area contributed by atoms with E-state index in [4.69, 9.17) is 5.11 Å². The summed E-state index contributed by atoms with van der Waals surface area (Å²) in [7, 11) is 0. The lowest BCUT2D eigenvalue weighted by molar-refractivity contribution is -0.00849. The minimum Gasteiger partial charge on any atom is -0.478 e. The summed E-state index contributed by atoms with van der Waals surface area (Å²) >= 11 is 0. The van der Waals surface area contributed by atoms with E-state index in [9.17, 15) is 9.90 Å². The fraction of sp³-hybridized carbons (Fsp3) is 0.435. The predicted molar refractivity (Wildman–Crippen MR) is 107 cm³/mol. The van der Waals surface area contributed by atoms with Crippen molar-refractivity contribution < 1.29 is 15.0 Å². The van der Waals surface area contributed by atoms with Gasteiger partial charge in [0.15, 0.2) is 0 Å². The molecule has 1 saturated carbocycles. The molecule has 3 N–H and O–H groups in total. The van der Waals surface area contributed by atoms with Crippen LogP contribution in [0.2, 0.25) is 0 Å². The SMILES string of the molecule is CC(C)c1ccc(C2(O)CCC(NCc3ccc(C(=O)O)cc3)CC2)cc1. The zero-order chi connectivity index (χ0) is 19.4. The molecule has 0 radical (unpaired) electrons. The maximum absolute atomic E-state index is 11.1. The number of carboxylic acids is 1. The molecule has 0 saturated heterocycles. The summed E-state index contributed by atoms with van der Waals surface area (Å²) in [6.07, 6.45) is 3.36. The summed E-state index contributed by atoms with van der Waals surface area (Å²) in [4.78, 5) is 10.9. The van der Waals surface area contributed by atoms with Crippen LogP contribution in [0.3, 0.4) is 0 Å². The molecule has 1 aliphatic rings. The number of rotatable bonds is 6. The molecule has 1 fully saturated rings. The third-order valence-corrected chi connectivity index (χ3v) is 5.72. The minimum atomic E-state index is -0.900. The molecular weight excluding hydrogens is 338 g/mol. The van der Waals surface area contributed by atoms with Crippen LogP contribution >= 0.6 is 0 Å². The highest BCUT2D eigenvalue weighted by atomic mass is 16.4. The van der Waals surface area contributed by atoms with Gasteiger partial charge in [0.2, 0.25) is 0 Å². The normalized spacial score (nSPS) is 22.7. The van der Waals surface area contributed by atoms with Crippen molar-refractivity contribution in [3.63, 3.8) is 0 Å². The van der Waals surface area contributed by atoms with Gasteiger partial charge in [0.05, 0.1) is 11.2 Å². The van der Waals surface area contributed by atoms with Gasteiger partial charge in [-0.2, -0.15) is 0 Å². The van der Waals surface area contributed by atoms with E-state index in [-0.39, 0.29) is 0 Å². The Morgan fingerprint density at radius 3 is 2.19 bits per heavy atom. The van der Waals surface area contributed by atoms with Gasteiger partial charge < -0.3 is 15.5 Å². The first-order valence-corrected chi connectivity index (χ1v) is 9.76. The number of nitrogens with one attached hydrogen (secondary N) is 1. The van der Waals surface area contributed by atoms with Crippen molar-refractivity contribution in [1.29, 1.82) is 0 Å². The van der Waals surface area contributed by atoms with E-state index in [0.717, 1.165) is 36.8 Å². The fourth-order valence-corrected chi connectivity index (χ4v) is 3.79. The predicted octanol–water partition coefficient (Wildman–Crippen LogP) is 4.43. The molecule has 3 rings (SSSR count). The van der Waals surface area contributed by atoms with Crippen LogP contribution in [0, 0.1) is 0 Å². The standard InChI is InChI=1S/C23H29NO3/c1-16(2)18-7-9-20(10-8-18)23(27)13-11-21(12-14-23)24-15-17-3-5-19(6-4-17)22(25)26/h3-10,16,21,24,27H,11-15H2,1-2H3,(H,25,26).